The van der Waals surface area contributed by atoms with Crippen molar-refractivity contribution < 1.29 is 9.46 Å². The van der Waals surface area contributed by atoms with Crippen LogP contribution in [0, 0.1) is 0 Å². The van der Waals surface area contributed by atoms with E-state index in [1.165, 1.54) is 11.1 Å². The number of rotatable bonds is 1. The van der Waals surface area contributed by atoms with Crippen LogP contribution in [0.4, 0.5) is 0 Å². The normalized spacial score (nSPS) is 8.81. The summed E-state index contributed by atoms with van der Waals surface area (Å²) in [6.07, 6.45) is 0. The molecule has 0 amide bonds. The molecule has 0 saturated carbocycles. The Balaban J connectivity index is 0.000000205. The van der Waals surface area contributed by atoms with E-state index in [1.807, 2.05) is 48.5 Å². The minimum atomic E-state index is -1.17. The highest BCUT2D eigenvalue weighted by Gasteiger charge is 1.91. The van der Waals surface area contributed by atoms with Crippen molar-refractivity contribution in [1.29, 1.82) is 0 Å². The second-order valence-corrected chi connectivity index (χ2v) is 4.16. The van der Waals surface area contributed by atoms with Gasteiger partial charge in [0.1, 0.15) is 0 Å². The fourth-order valence-electron chi connectivity index (χ4n) is 1.65. The molecule has 106 valence electrons. The van der Waals surface area contributed by atoms with E-state index in [9.17, 15) is 0 Å². The van der Waals surface area contributed by atoms with Crippen molar-refractivity contribution in [2.75, 3.05) is 0 Å². The minimum Gasteiger partial charge on any atom is -0.162 e. The molecular weight excluding hydrogens is 279 g/mol. The van der Waals surface area contributed by atoms with Gasteiger partial charge in [0.05, 0.1) is 0 Å². The van der Waals surface area contributed by atoms with Crippen LogP contribution in [0.25, 0.3) is 11.1 Å². The summed E-state index contributed by atoms with van der Waals surface area (Å²) in [5.41, 5.74) is 2.55. The van der Waals surface area contributed by atoms with E-state index in [0.29, 0.717) is 0 Å². The molecule has 3 rings (SSSR count). The zero-order chi connectivity index (χ0) is 15.2. The van der Waals surface area contributed by atoms with Crippen molar-refractivity contribution in [3.63, 3.8) is 0 Å². The summed E-state index contributed by atoms with van der Waals surface area (Å²) in [7, 11) is -1.17. The molecule has 0 bridgehead atoms. The van der Waals surface area contributed by atoms with Crippen molar-refractivity contribution in [2.45, 2.75) is 0 Å². The maximum Gasteiger partial charge on any atom is 0.491 e. The number of hydrogen-bond donors (Lipinski definition) is 1. The van der Waals surface area contributed by atoms with Crippen LogP contribution in [0.5, 0.6) is 0 Å². The van der Waals surface area contributed by atoms with E-state index in [1.54, 1.807) is 0 Å². The van der Waals surface area contributed by atoms with E-state index < -0.39 is 8.69 Å². The highest BCUT2D eigenvalue weighted by Crippen LogP contribution is 2.17. The third-order valence-electron chi connectivity index (χ3n) is 2.55. The predicted molar refractivity (Wildman–Crippen MR) is 89.5 cm³/mol. The zero-order valence-electron chi connectivity index (χ0n) is 11.6. The highest BCUT2D eigenvalue weighted by atomic mass is 31.1. The summed E-state index contributed by atoms with van der Waals surface area (Å²) in [5.74, 6) is 0. The third-order valence-corrected chi connectivity index (χ3v) is 2.55. The molecule has 0 spiro atoms. The van der Waals surface area contributed by atoms with E-state index in [2.05, 4.69) is 48.5 Å². The van der Waals surface area contributed by atoms with E-state index in [4.69, 9.17) is 9.46 Å². The SMILES string of the molecule is O=[PH+]O.c1ccc(-c2ccccc2)cc1.c1ccccc1. The maximum absolute atomic E-state index is 8.51. The molecule has 0 radical (unpaired) electrons. The molecule has 3 aromatic rings. The Morgan fingerprint density at radius 2 is 0.714 bits per heavy atom. The van der Waals surface area contributed by atoms with Crippen LogP contribution in [0.3, 0.4) is 0 Å². The van der Waals surface area contributed by atoms with Gasteiger partial charge in [-0.25, -0.2) is 0 Å². The minimum absolute atomic E-state index is 1.17. The lowest BCUT2D eigenvalue weighted by Gasteiger charge is -1.98. The van der Waals surface area contributed by atoms with Gasteiger partial charge in [0.15, 0.2) is 0 Å². The lowest BCUT2D eigenvalue weighted by atomic mass is 10.1. The molecule has 1 unspecified atom stereocenters. The van der Waals surface area contributed by atoms with Gasteiger partial charge in [-0.2, -0.15) is 4.89 Å². The smallest absolute Gasteiger partial charge is 0.162 e. The van der Waals surface area contributed by atoms with E-state index in [0.717, 1.165) is 0 Å². The molecule has 0 fully saturated rings. The molecule has 21 heavy (non-hydrogen) atoms. The molecule has 2 nitrogen and oxygen atoms in total. The monoisotopic (exact) mass is 297 g/mol. The Morgan fingerprint density at radius 3 is 0.952 bits per heavy atom. The molecule has 0 saturated heterocycles. The van der Waals surface area contributed by atoms with Gasteiger partial charge in [-0.1, -0.05) is 97.1 Å². The molecule has 3 aromatic carbocycles. The lowest BCUT2D eigenvalue weighted by Crippen LogP contribution is -1.73. The van der Waals surface area contributed by atoms with Gasteiger partial charge in [-0.05, 0) is 15.7 Å². The van der Waals surface area contributed by atoms with Crippen LogP contribution in [0.15, 0.2) is 97.1 Å². The summed E-state index contributed by atoms with van der Waals surface area (Å²) in [5, 5.41) is 0. The van der Waals surface area contributed by atoms with Gasteiger partial charge in [0, 0.05) is 0 Å². The van der Waals surface area contributed by atoms with Crippen LogP contribution in [-0.4, -0.2) is 4.89 Å². The Morgan fingerprint density at radius 1 is 0.524 bits per heavy atom. The van der Waals surface area contributed by atoms with Crippen LogP contribution >= 0.6 is 8.69 Å². The summed E-state index contributed by atoms with van der Waals surface area (Å²) in [4.78, 5) is 7.04. The van der Waals surface area contributed by atoms with Gasteiger partial charge in [0.25, 0.3) is 0 Å². The van der Waals surface area contributed by atoms with Crippen LogP contribution < -0.4 is 0 Å². The lowest BCUT2D eigenvalue weighted by molar-refractivity contribution is 0.524. The Labute approximate surface area is 127 Å². The molecule has 0 aromatic heterocycles. The molecule has 0 aliphatic carbocycles. The Kier molecular flexibility index (Phi) is 9.22. The van der Waals surface area contributed by atoms with Gasteiger partial charge in [-0.3, -0.25) is 0 Å². The molecule has 0 heterocycles. The number of hydrogen-bond acceptors (Lipinski definition) is 1. The highest BCUT2D eigenvalue weighted by molar-refractivity contribution is 7.16. The summed E-state index contributed by atoms with van der Waals surface area (Å²) < 4.78 is 8.51. The first-order valence-electron chi connectivity index (χ1n) is 6.50. The second kappa shape index (κ2) is 11.5. The quantitative estimate of drug-likeness (QED) is 0.645. The second-order valence-electron chi connectivity index (χ2n) is 3.98. The molecule has 0 aliphatic heterocycles. The van der Waals surface area contributed by atoms with Crippen molar-refractivity contribution in [2.24, 2.45) is 0 Å². The standard InChI is InChI=1S/C12H10.C6H6.HO2P/c1-3-7-11(8-4-1)12-9-5-2-6-10-12;1-2-4-6-5-3-1;1-3-2/h1-10H;1-6H;3H/p+1. The molecule has 1 atom stereocenters. The fourth-order valence-corrected chi connectivity index (χ4v) is 1.65. The molecular formula is C18H18O2P+. The van der Waals surface area contributed by atoms with Gasteiger partial charge < -0.3 is 0 Å². The molecule has 1 N–H and O–H groups in total. The zero-order valence-corrected chi connectivity index (χ0v) is 12.6. The first kappa shape index (κ1) is 16.8. The Bertz CT molecular complexity index is 519. The molecule has 0 aliphatic rings. The van der Waals surface area contributed by atoms with Gasteiger partial charge in [0.2, 0.25) is 0 Å². The summed E-state index contributed by atoms with van der Waals surface area (Å²) in [6, 6.07) is 32.8. The molecule has 3 heteroatoms. The summed E-state index contributed by atoms with van der Waals surface area (Å²) >= 11 is 0. The van der Waals surface area contributed by atoms with Crippen molar-refractivity contribution in [1.82, 2.24) is 0 Å². The largest absolute Gasteiger partial charge is 0.491 e. The van der Waals surface area contributed by atoms with Crippen LogP contribution in [0.1, 0.15) is 0 Å². The summed E-state index contributed by atoms with van der Waals surface area (Å²) in [6.45, 7) is 0. The average molecular weight is 297 g/mol. The number of benzene rings is 3. The average Bonchev–Trinajstić information content (AvgIpc) is 2.59. The first-order chi connectivity index (χ1) is 10.4. The van der Waals surface area contributed by atoms with Crippen LogP contribution in [0.2, 0.25) is 0 Å². The fraction of sp³-hybridized carbons (Fsp3) is 0. The third kappa shape index (κ3) is 7.78. The first-order valence-corrected chi connectivity index (χ1v) is 7.35. The van der Waals surface area contributed by atoms with Crippen molar-refractivity contribution >= 4 is 8.69 Å². The van der Waals surface area contributed by atoms with Gasteiger partial charge >= 0.3 is 8.69 Å². The van der Waals surface area contributed by atoms with E-state index >= 15 is 0 Å². The van der Waals surface area contributed by atoms with E-state index in [-0.39, 0.29) is 0 Å². The van der Waals surface area contributed by atoms with Crippen molar-refractivity contribution in [3.8, 4) is 11.1 Å². The van der Waals surface area contributed by atoms with Crippen LogP contribution in [-0.2, 0) is 4.57 Å². The predicted octanol–water partition coefficient (Wildman–Crippen LogP) is 4.96. The maximum atomic E-state index is 8.51. The Hall–Kier alpha value is -2.28. The topological polar surface area (TPSA) is 37.3 Å². The van der Waals surface area contributed by atoms with Crippen molar-refractivity contribution in [3.05, 3.63) is 97.1 Å². The van der Waals surface area contributed by atoms with Gasteiger partial charge in [-0.15, -0.1) is 0 Å².